The number of hydrogen-bond donors (Lipinski definition) is 1. The quantitative estimate of drug-likeness (QED) is 0.761. The lowest BCUT2D eigenvalue weighted by atomic mass is 10.1. The van der Waals surface area contributed by atoms with Crippen LogP contribution >= 0.6 is 0 Å². The molecule has 8 nitrogen and oxygen atoms in total. The van der Waals surface area contributed by atoms with Crippen molar-refractivity contribution in [2.75, 3.05) is 29.9 Å². The van der Waals surface area contributed by atoms with Gasteiger partial charge in [0.15, 0.2) is 5.65 Å². The molecule has 0 aromatic carbocycles. The highest BCUT2D eigenvalue weighted by Crippen LogP contribution is 2.22. The summed E-state index contributed by atoms with van der Waals surface area (Å²) in [6.45, 7) is 4.49. The number of nitrogens with zero attached hydrogens (tertiary/aromatic N) is 6. The summed E-state index contributed by atoms with van der Waals surface area (Å²) in [6.07, 6.45) is 5.37. The van der Waals surface area contributed by atoms with Gasteiger partial charge >= 0.3 is 0 Å². The fourth-order valence-corrected chi connectivity index (χ4v) is 3.20. The molecule has 0 radical (unpaired) electrons. The van der Waals surface area contributed by atoms with Crippen LogP contribution in [0.4, 0.5) is 11.6 Å². The zero-order valence-electron chi connectivity index (χ0n) is 14.2. The van der Waals surface area contributed by atoms with E-state index in [0.29, 0.717) is 18.5 Å². The number of fused-ring (bicyclic) bond motifs is 1. The van der Waals surface area contributed by atoms with Crippen LogP contribution in [-0.4, -0.2) is 50.3 Å². The van der Waals surface area contributed by atoms with Crippen molar-refractivity contribution in [2.24, 2.45) is 0 Å². The summed E-state index contributed by atoms with van der Waals surface area (Å²) < 4.78 is 7.46. The maximum absolute atomic E-state index is 5.43. The van der Waals surface area contributed by atoms with Gasteiger partial charge in [-0.15, -0.1) is 10.2 Å². The maximum atomic E-state index is 5.43. The average Bonchev–Trinajstić information content (AvgIpc) is 3.12. The topological polar surface area (TPSA) is 80.5 Å². The van der Waals surface area contributed by atoms with Crippen molar-refractivity contribution in [1.29, 1.82) is 0 Å². The van der Waals surface area contributed by atoms with Gasteiger partial charge in [0, 0.05) is 25.2 Å². The minimum atomic E-state index is 0.390. The first-order valence-corrected chi connectivity index (χ1v) is 8.58. The molecule has 8 heteroatoms. The number of rotatable bonds is 5. The minimum absolute atomic E-state index is 0.390. The van der Waals surface area contributed by atoms with Crippen LogP contribution in [0.5, 0.6) is 5.88 Å². The Balaban J connectivity index is 1.40. The molecule has 1 fully saturated rings. The van der Waals surface area contributed by atoms with E-state index in [1.165, 1.54) is 6.33 Å². The number of ether oxygens (including phenoxy) is 1. The second-order valence-electron chi connectivity index (χ2n) is 6.02. The van der Waals surface area contributed by atoms with Crippen LogP contribution in [0.3, 0.4) is 0 Å². The molecular formula is C17H21N7O. The summed E-state index contributed by atoms with van der Waals surface area (Å²) in [4.78, 5) is 10.8. The molecule has 0 aliphatic carbocycles. The van der Waals surface area contributed by atoms with E-state index in [2.05, 4.69) is 36.4 Å². The molecule has 1 aliphatic heterocycles. The van der Waals surface area contributed by atoms with Gasteiger partial charge in [-0.05, 0) is 31.9 Å². The highest BCUT2D eigenvalue weighted by atomic mass is 16.5. The molecule has 1 saturated heterocycles. The number of anilines is 2. The molecule has 0 unspecified atom stereocenters. The van der Waals surface area contributed by atoms with Crippen molar-refractivity contribution in [3.8, 4) is 5.88 Å². The highest BCUT2D eigenvalue weighted by Gasteiger charge is 2.21. The first-order chi connectivity index (χ1) is 12.3. The van der Waals surface area contributed by atoms with Crippen molar-refractivity contribution in [2.45, 2.75) is 25.8 Å². The van der Waals surface area contributed by atoms with E-state index in [4.69, 9.17) is 4.74 Å². The Morgan fingerprint density at radius 3 is 2.96 bits per heavy atom. The Morgan fingerprint density at radius 1 is 1.24 bits per heavy atom. The van der Waals surface area contributed by atoms with Gasteiger partial charge in [0.05, 0.1) is 6.61 Å². The van der Waals surface area contributed by atoms with E-state index in [1.807, 2.05) is 29.5 Å². The van der Waals surface area contributed by atoms with Crippen LogP contribution in [-0.2, 0) is 0 Å². The Labute approximate surface area is 145 Å². The van der Waals surface area contributed by atoms with Crippen molar-refractivity contribution < 1.29 is 4.74 Å². The van der Waals surface area contributed by atoms with E-state index in [1.54, 1.807) is 6.33 Å². The molecule has 1 N–H and O–H groups in total. The molecule has 0 atom stereocenters. The van der Waals surface area contributed by atoms with Crippen LogP contribution in [0.15, 0.2) is 36.9 Å². The number of aromatic nitrogens is 5. The van der Waals surface area contributed by atoms with Gasteiger partial charge in [0.2, 0.25) is 5.88 Å². The lowest BCUT2D eigenvalue weighted by Crippen LogP contribution is -2.40. The molecule has 0 spiro atoms. The summed E-state index contributed by atoms with van der Waals surface area (Å²) in [5.41, 5.74) is 0.877. The monoisotopic (exact) mass is 339 g/mol. The van der Waals surface area contributed by atoms with Crippen LogP contribution in [0.2, 0.25) is 0 Å². The van der Waals surface area contributed by atoms with Gasteiger partial charge in [-0.1, -0.05) is 6.07 Å². The Bertz CT molecular complexity index is 842. The minimum Gasteiger partial charge on any atom is -0.478 e. The average molecular weight is 339 g/mol. The third-order valence-corrected chi connectivity index (χ3v) is 4.42. The summed E-state index contributed by atoms with van der Waals surface area (Å²) in [5, 5.41) is 11.6. The standard InChI is InChI=1S/C17H21N7O/c1-2-25-16-10-14(18-11-19-16)21-13-6-8-23(9-7-13)17-5-3-4-15-22-20-12-24(15)17/h3-5,10-13H,2,6-9H2,1H3,(H,18,19,21). The van der Waals surface area contributed by atoms with E-state index in [-0.39, 0.29) is 0 Å². The highest BCUT2D eigenvalue weighted by molar-refractivity contribution is 5.51. The van der Waals surface area contributed by atoms with Crippen molar-refractivity contribution >= 4 is 17.3 Å². The molecule has 0 amide bonds. The predicted octanol–water partition coefficient (Wildman–Crippen LogP) is 2.00. The Morgan fingerprint density at radius 2 is 2.12 bits per heavy atom. The zero-order chi connectivity index (χ0) is 17.1. The molecule has 0 bridgehead atoms. The largest absolute Gasteiger partial charge is 0.478 e. The lowest BCUT2D eigenvalue weighted by molar-refractivity contribution is 0.326. The summed E-state index contributed by atoms with van der Waals surface area (Å²) in [5.74, 6) is 2.57. The fraction of sp³-hybridized carbons (Fsp3) is 0.412. The van der Waals surface area contributed by atoms with Gasteiger partial charge in [-0.2, -0.15) is 0 Å². The van der Waals surface area contributed by atoms with Crippen LogP contribution < -0.4 is 15.0 Å². The third-order valence-electron chi connectivity index (χ3n) is 4.42. The first-order valence-electron chi connectivity index (χ1n) is 8.58. The molecule has 4 rings (SSSR count). The zero-order valence-corrected chi connectivity index (χ0v) is 14.2. The smallest absolute Gasteiger partial charge is 0.218 e. The van der Waals surface area contributed by atoms with Gasteiger partial charge in [0.25, 0.3) is 0 Å². The molecule has 0 saturated carbocycles. The molecule has 4 heterocycles. The van der Waals surface area contributed by atoms with Crippen LogP contribution in [0.25, 0.3) is 5.65 Å². The van der Waals surface area contributed by atoms with Crippen molar-refractivity contribution in [1.82, 2.24) is 24.6 Å². The van der Waals surface area contributed by atoms with Crippen LogP contribution in [0, 0.1) is 0 Å². The Hall–Kier alpha value is -2.90. The van der Waals surface area contributed by atoms with E-state index >= 15 is 0 Å². The van der Waals surface area contributed by atoms with E-state index < -0.39 is 0 Å². The van der Waals surface area contributed by atoms with Gasteiger partial charge < -0.3 is 15.0 Å². The molecule has 1 aliphatic rings. The number of piperidine rings is 1. The first kappa shape index (κ1) is 15.6. The summed E-state index contributed by atoms with van der Waals surface area (Å²) >= 11 is 0. The van der Waals surface area contributed by atoms with Gasteiger partial charge in [-0.25, -0.2) is 9.97 Å². The predicted molar refractivity (Wildman–Crippen MR) is 95.0 cm³/mol. The van der Waals surface area contributed by atoms with E-state index in [0.717, 1.165) is 43.2 Å². The van der Waals surface area contributed by atoms with E-state index in [9.17, 15) is 0 Å². The number of hydrogen-bond acceptors (Lipinski definition) is 7. The third kappa shape index (κ3) is 3.33. The second-order valence-corrected chi connectivity index (χ2v) is 6.02. The maximum Gasteiger partial charge on any atom is 0.218 e. The summed E-state index contributed by atoms with van der Waals surface area (Å²) in [6, 6.07) is 8.35. The molecular weight excluding hydrogens is 318 g/mol. The van der Waals surface area contributed by atoms with Crippen LogP contribution in [0.1, 0.15) is 19.8 Å². The fourth-order valence-electron chi connectivity index (χ4n) is 3.20. The Kier molecular flexibility index (Phi) is 4.32. The van der Waals surface area contributed by atoms with Gasteiger partial charge in [-0.3, -0.25) is 4.40 Å². The number of pyridine rings is 1. The molecule has 3 aromatic rings. The van der Waals surface area contributed by atoms with Crippen molar-refractivity contribution in [3.05, 3.63) is 36.9 Å². The molecule has 25 heavy (non-hydrogen) atoms. The normalized spacial score (nSPS) is 15.5. The lowest BCUT2D eigenvalue weighted by Gasteiger charge is -2.34. The summed E-state index contributed by atoms with van der Waals surface area (Å²) in [7, 11) is 0. The molecule has 3 aromatic heterocycles. The SMILES string of the molecule is CCOc1cc(NC2CCN(c3cccc4nncn34)CC2)ncn1. The molecule has 130 valence electrons. The number of nitrogens with one attached hydrogen (secondary N) is 1. The van der Waals surface area contributed by atoms with Gasteiger partial charge in [0.1, 0.15) is 24.3 Å². The second kappa shape index (κ2) is 6.92. The van der Waals surface area contributed by atoms with Crippen molar-refractivity contribution in [3.63, 3.8) is 0 Å².